The third kappa shape index (κ3) is 5.36. The number of benzene rings is 1. The second-order valence-corrected chi connectivity index (χ2v) is 8.03. The summed E-state index contributed by atoms with van der Waals surface area (Å²) in [6.07, 6.45) is -15.6. The van der Waals surface area contributed by atoms with Crippen LogP contribution in [0.3, 0.4) is 0 Å². The molecule has 0 saturated carbocycles. The van der Waals surface area contributed by atoms with Crippen molar-refractivity contribution in [3.05, 3.63) is 33.3 Å². The number of anilines is 1. The van der Waals surface area contributed by atoms with E-state index in [0.29, 0.717) is 0 Å². The van der Waals surface area contributed by atoms with Gasteiger partial charge in [-0.2, -0.15) is 0 Å². The van der Waals surface area contributed by atoms with Crippen LogP contribution in [0.2, 0.25) is 5.02 Å². The van der Waals surface area contributed by atoms with Crippen molar-refractivity contribution in [2.45, 2.75) is 61.3 Å². The van der Waals surface area contributed by atoms with Gasteiger partial charge in [0, 0.05) is 11.8 Å². The maximum atomic E-state index is 11.1. The van der Waals surface area contributed by atoms with Gasteiger partial charge in [0.05, 0.1) is 18.1 Å². The predicted molar refractivity (Wildman–Crippen MR) is 108 cm³/mol. The third-order valence-corrected chi connectivity index (χ3v) is 5.78. The van der Waals surface area contributed by atoms with Crippen molar-refractivity contribution in [1.29, 1.82) is 0 Å². The Bertz CT molecular complexity index is 830. The molecule has 2 heterocycles. The molecule has 3 rings (SSSR count). The second kappa shape index (κ2) is 10.7. The number of hydrogen-bond acceptors (Lipinski definition) is 13. The van der Waals surface area contributed by atoms with Crippen molar-refractivity contribution in [2.24, 2.45) is 0 Å². The second-order valence-electron chi connectivity index (χ2n) is 7.62. The zero-order valence-corrected chi connectivity index (χ0v) is 17.7. The summed E-state index contributed by atoms with van der Waals surface area (Å²) in [6, 6.07) is 3.72. The molecule has 1 aromatic carbocycles. The number of hydrogen-bond donors (Lipinski definition) is 8. The maximum absolute atomic E-state index is 11.1. The summed E-state index contributed by atoms with van der Waals surface area (Å²) in [5.41, 5.74) is -0.276. The van der Waals surface area contributed by atoms with Crippen LogP contribution in [-0.2, 0) is 14.2 Å². The van der Waals surface area contributed by atoms with E-state index in [1.54, 1.807) is 0 Å². The molecule has 10 atom stereocenters. The molecule has 8 N–H and O–H groups in total. The summed E-state index contributed by atoms with van der Waals surface area (Å²) in [4.78, 5) is 10.4. The lowest BCUT2D eigenvalue weighted by atomic mass is 9.96. The standard InChI is InChI=1S/C18H25ClN2O12/c19-7-2-1-6(3-8(7)21(29)30)20-17-14(27)13(26)16(10(5-23)31-17)33-18-15(28)12(25)11(24)9(4-22)32-18/h1-3,9-18,20,22-28H,4-5H2/t9-,10-,11+,12+,13-,14-,15+,16+,17-,18+/m0/s1. The topological polar surface area (TPSA) is 224 Å². The van der Waals surface area contributed by atoms with Crippen molar-refractivity contribution in [3.8, 4) is 0 Å². The van der Waals surface area contributed by atoms with Gasteiger partial charge in [0.1, 0.15) is 53.9 Å². The number of halogens is 1. The molecule has 1 aromatic rings. The van der Waals surface area contributed by atoms with E-state index in [0.717, 1.165) is 6.07 Å². The molecule has 0 aliphatic carbocycles. The number of nitrogens with zero attached hydrogens (tertiary/aromatic N) is 1. The number of aliphatic hydroxyl groups is 7. The smallest absolute Gasteiger partial charge is 0.289 e. The molecular weight excluding hydrogens is 472 g/mol. The number of rotatable bonds is 7. The SMILES string of the molecule is O=[N+]([O-])c1cc(N[C@H]2O[C@@H](CO)[C@@H](O[C@H]3O[C@@H](CO)[C@@H](O)[C@@H](O)[C@H]3O)[C@@H](O)[C@@H]2O)ccc1Cl. The van der Waals surface area contributed by atoms with Gasteiger partial charge < -0.3 is 55.3 Å². The van der Waals surface area contributed by atoms with E-state index >= 15 is 0 Å². The summed E-state index contributed by atoms with van der Waals surface area (Å²) in [5.74, 6) is 0. The van der Waals surface area contributed by atoms with E-state index in [9.17, 15) is 45.9 Å². The lowest BCUT2D eigenvalue weighted by Gasteiger charge is -2.46. The van der Waals surface area contributed by atoms with Crippen LogP contribution in [-0.4, -0.2) is 115 Å². The Hall–Kier alpha value is -1.69. The number of nitro groups is 1. The largest absolute Gasteiger partial charge is 0.394 e. The highest BCUT2D eigenvalue weighted by Crippen LogP contribution is 2.32. The fourth-order valence-corrected chi connectivity index (χ4v) is 3.80. The Labute approximate surface area is 191 Å². The molecule has 0 bridgehead atoms. The van der Waals surface area contributed by atoms with E-state index in [-0.39, 0.29) is 10.7 Å². The van der Waals surface area contributed by atoms with Crippen molar-refractivity contribution >= 4 is 23.0 Å². The lowest BCUT2D eigenvalue weighted by molar-refractivity contribution is -0.384. The lowest BCUT2D eigenvalue weighted by Crippen LogP contribution is -2.65. The van der Waals surface area contributed by atoms with E-state index < -0.39 is 85.2 Å². The van der Waals surface area contributed by atoms with Crippen LogP contribution in [0.15, 0.2) is 18.2 Å². The zero-order valence-electron chi connectivity index (χ0n) is 16.9. The van der Waals surface area contributed by atoms with Gasteiger partial charge >= 0.3 is 0 Å². The van der Waals surface area contributed by atoms with Gasteiger partial charge in [-0.15, -0.1) is 0 Å². The van der Waals surface area contributed by atoms with Crippen LogP contribution in [0, 0.1) is 10.1 Å². The van der Waals surface area contributed by atoms with Gasteiger partial charge in [-0.1, -0.05) is 11.6 Å². The molecular formula is C18H25ClN2O12. The quantitative estimate of drug-likeness (QED) is 0.142. The normalized spacial score (nSPS) is 39.3. The van der Waals surface area contributed by atoms with Crippen molar-refractivity contribution in [2.75, 3.05) is 18.5 Å². The van der Waals surface area contributed by atoms with Gasteiger partial charge in [0.2, 0.25) is 0 Å². The number of ether oxygens (including phenoxy) is 3. The average molecular weight is 497 g/mol. The monoisotopic (exact) mass is 496 g/mol. The number of nitro benzene ring substituents is 1. The molecule has 14 nitrogen and oxygen atoms in total. The maximum Gasteiger partial charge on any atom is 0.289 e. The van der Waals surface area contributed by atoms with Gasteiger partial charge in [-0.05, 0) is 12.1 Å². The molecule has 186 valence electrons. The van der Waals surface area contributed by atoms with Crippen LogP contribution < -0.4 is 5.32 Å². The van der Waals surface area contributed by atoms with Crippen molar-refractivity contribution in [3.63, 3.8) is 0 Å². The molecule has 0 unspecified atom stereocenters. The van der Waals surface area contributed by atoms with Crippen LogP contribution in [0.5, 0.6) is 0 Å². The highest BCUT2D eigenvalue weighted by atomic mass is 35.5. The van der Waals surface area contributed by atoms with E-state index in [4.69, 9.17) is 25.8 Å². The summed E-state index contributed by atoms with van der Waals surface area (Å²) in [7, 11) is 0. The zero-order chi connectivity index (χ0) is 24.4. The predicted octanol–water partition coefficient (Wildman–Crippen LogP) is -2.72. The Morgan fingerprint density at radius 2 is 1.64 bits per heavy atom. The van der Waals surface area contributed by atoms with Crippen LogP contribution in [0.25, 0.3) is 0 Å². The van der Waals surface area contributed by atoms with Crippen LogP contribution in [0.1, 0.15) is 0 Å². The molecule has 0 aromatic heterocycles. The van der Waals surface area contributed by atoms with E-state index in [1.807, 2.05) is 0 Å². The Morgan fingerprint density at radius 1 is 0.970 bits per heavy atom. The molecule has 2 saturated heterocycles. The first kappa shape index (κ1) is 25.9. The Morgan fingerprint density at radius 3 is 2.24 bits per heavy atom. The molecule has 0 amide bonds. The van der Waals surface area contributed by atoms with Crippen molar-refractivity contribution in [1.82, 2.24) is 0 Å². The summed E-state index contributed by atoms with van der Waals surface area (Å²) >= 11 is 5.77. The van der Waals surface area contributed by atoms with Gasteiger partial charge in [-0.25, -0.2) is 0 Å². The first-order valence-electron chi connectivity index (χ1n) is 9.88. The number of nitrogens with one attached hydrogen (secondary N) is 1. The minimum absolute atomic E-state index is 0.114. The molecule has 33 heavy (non-hydrogen) atoms. The van der Waals surface area contributed by atoms with Gasteiger partial charge in [-0.3, -0.25) is 10.1 Å². The highest BCUT2D eigenvalue weighted by Gasteiger charge is 2.50. The first-order valence-corrected chi connectivity index (χ1v) is 10.3. The molecule has 2 aliphatic rings. The summed E-state index contributed by atoms with van der Waals surface area (Å²) < 4.78 is 16.2. The minimum Gasteiger partial charge on any atom is -0.394 e. The van der Waals surface area contributed by atoms with E-state index in [1.165, 1.54) is 12.1 Å². The molecule has 2 fully saturated rings. The Kier molecular flexibility index (Phi) is 8.41. The van der Waals surface area contributed by atoms with E-state index in [2.05, 4.69) is 5.32 Å². The minimum atomic E-state index is -1.78. The van der Waals surface area contributed by atoms with Crippen LogP contribution in [0.4, 0.5) is 11.4 Å². The third-order valence-electron chi connectivity index (χ3n) is 5.46. The molecule has 2 aliphatic heterocycles. The van der Waals surface area contributed by atoms with Crippen molar-refractivity contribution < 1.29 is 54.9 Å². The van der Waals surface area contributed by atoms with Crippen LogP contribution >= 0.6 is 11.6 Å². The molecule has 15 heteroatoms. The Balaban J connectivity index is 1.74. The highest BCUT2D eigenvalue weighted by molar-refractivity contribution is 6.32. The number of aliphatic hydroxyl groups excluding tert-OH is 7. The molecule has 0 radical (unpaired) electrons. The first-order chi connectivity index (χ1) is 15.6. The van der Waals surface area contributed by atoms with Gasteiger partial charge in [0.15, 0.2) is 12.5 Å². The summed E-state index contributed by atoms with van der Waals surface area (Å²) in [6.45, 7) is -1.43. The summed E-state index contributed by atoms with van der Waals surface area (Å²) in [5, 5.41) is 83.6. The molecule has 0 spiro atoms. The fourth-order valence-electron chi connectivity index (χ4n) is 3.62. The fraction of sp³-hybridized carbons (Fsp3) is 0.667. The average Bonchev–Trinajstić information content (AvgIpc) is 2.79. The van der Waals surface area contributed by atoms with Gasteiger partial charge in [0.25, 0.3) is 5.69 Å².